The summed E-state index contributed by atoms with van der Waals surface area (Å²) >= 11 is 1.55. The van der Waals surface area contributed by atoms with Crippen molar-refractivity contribution in [1.29, 1.82) is 0 Å². The maximum absolute atomic E-state index is 11.7. The number of anilines is 1. The molecule has 1 fully saturated rings. The second kappa shape index (κ2) is 8.57. The molecule has 1 aliphatic rings. The van der Waals surface area contributed by atoms with Crippen LogP contribution in [0.1, 0.15) is 27.2 Å². The van der Waals surface area contributed by atoms with E-state index in [1.54, 1.807) is 25.4 Å². The molecule has 0 amide bonds. The lowest BCUT2D eigenvalue weighted by molar-refractivity contribution is -0.118. The maximum atomic E-state index is 11.7. The number of nitrogens with one attached hydrogen (secondary N) is 2. The number of ketones is 1. The Morgan fingerprint density at radius 2 is 2.10 bits per heavy atom. The predicted molar refractivity (Wildman–Crippen MR) is 120 cm³/mol. The Morgan fingerprint density at radius 1 is 1.27 bits per heavy atom. The van der Waals surface area contributed by atoms with Gasteiger partial charge in [0.25, 0.3) is 0 Å². The zero-order valence-electron chi connectivity index (χ0n) is 17.6. The summed E-state index contributed by atoms with van der Waals surface area (Å²) in [5.74, 6) is 1.61. The van der Waals surface area contributed by atoms with E-state index in [1.165, 1.54) is 0 Å². The van der Waals surface area contributed by atoms with Gasteiger partial charge >= 0.3 is 0 Å². The molecule has 1 aromatic carbocycles. The lowest BCUT2D eigenvalue weighted by Crippen LogP contribution is -2.28. The minimum atomic E-state index is -0.147. The molecule has 0 radical (unpaired) electrons. The average molecular weight is 427 g/mol. The number of fused-ring (bicyclic) bond motifs is 1. The molecule has 7 nitrogen and oxygen atoms in total. The molecular weight excluding hydrogens is 400 g/mol. The van der Waals surface area contributed by atoms with Gasteiger partial charge in [-0.2, -0.15) is 0 Å². The first kappa shape index (κ1) is 20.6. The van der Waals surface area contributed by atoms with Gasteiger partial charge in [0.1, 0.15) is 29.1 Å². The molecule has 3 aromatic rings. The third-order valence-corrected chi connectivity index (χ3v) is 5.81. The fraction of sp³-hybridized carbons (Fsp3) is 0.409. The molecule has 0 saturated carbocycles. The van der Waals surface area contributed by atoms with Crippen LogP contribution in [-0.4, -0.2) is 47.6 Å². The molecule has 30 heavy (non-hydrogen) atoms. The fourth-order valence-corrected chi connectivity index (χ4v) is 4.37. The Balaban J connectivity index is 1.70. The second-order valence-corrected chi connectivity index (χ2v) is 8.63. The number of rotatable bonds is 7. The highest BCUT2D eigenvalue weighted by Crippen LogP contribution is 2.34. The first-order valence-electron chi connectivity index (χ1n) is 10.0. The summed E-state index contributed by atoms with van der Waals surface area (Å²) < 4.78 is 11.7. The summed E-state index contributed by atoms with van der Waals surface area (Å²) in [5.41, 5.74) is 2.32. The second-order valence-electron chi connectivity index (χ2n) is 7.77. The zero-order chi connectivity index (χ0) is 21.3. The van der Waals surface area contributed by atoms with Gasteiger partial charge in [0.2, 0.25) is 0 Å². The summed E-state index contributed by atoms with van der Waals surface area (Å²) in [5, 5.41) is 10.3. The molecule has 2 aromatic heterocycles. The Bertz CT molecular complexity index is 1070. The predicted octanol–water partition coefficient (Wildman–Crippen LogP) is 3.89. The molecule has 8 heteroatoms. The highest BCUT2D eigenvalue weighted by Gasteiger charge is 2.29. The van der Waals surface area contributed by atoms with Crippen LogP contribution in [0.3, 0.4) is 0 Å². The largest absolute Gasteiger partial charge is 0.497 e. The van der Waals surface area contributed by atoms with Gasteiger partial charge in [-0.05, 0) is 32.9 Å². The molecule has 3 heterocycles. The van der Waals surface area contributed by atoms with Gasteiger partial charge in [0, 0.05) is 41.9 Å². The van der Waals surface area contributed by atoms with Gasteiger partial charge in [-0.25, -0.2) is 9.97 Å². The average Bonchev–Trinajstić information content (AvgIpc) is 3.36. The van der Waals surface area contributed by atoms with Crippen LogP contribution < -0.4 is 20.1 Å². The summed E-state index contributed by atoms with van der Waals surface area (Å²) in [6.45, 7) is 6.41. The van der Waals surface area contributed by atoms with Crippen molar-refractivity contribution in [2.45, 2.75) is 45.4 Å². The lowest BCUT2D eigenvalue weighted by atomic mass is 10.1. The summed E-state index contributed by atoms with van der Waals surface area (Å²) in [4.78, 5) is 21.2. The molecule has 2 atom stereocenters. The zero-order valence-corrected chi connectivity index (χ0v) is 18.4. The molecule has 0 spiro atoms. The number of carbonyl (C=O) groups excluding carboxylic acids is 1. The minimum Gasteiger partial charge on any atom is -0.497 e. The number of hydrogen-bond donors (Lipinski definition) is 2. The number of hydrogen-bond acceptors (Lipinski definition) is 8. The fourth-order valence-electron chi connectivity index (χ4n) is 3.52. The summed E-state index contributed by atoms with van der Waals surface area (Å²) in [6.07, 6.45) is 0.581. The Kier molecular flexibility index (Phi) is 5.87. The van der Waals surface area contributed by atoms with Crippen molar-refractivity contribution in [3.63, 3.8) is 0 Å². The number of thiazole rings is 1. The van der Waals surface area contributed by atoms with E-state index in [4.69, 9.17) is 14.5 Å². The molecule has 4 rings (SSSR count). The van der Waals surface area contributed by atoms with E-state index in [1.807, 2.05) is 29.6 Å². The molecule has 1 saturated heterocycles. The minimum absolute atomic E-state index is 0.0759. The van der Waals surface area contributed by atoms with Gasteiger partial charge in [-0.1, -0.05) is 0 Å². The van der Waals surface area contributed by atoms with Gasteiger partial charge in [0.15, 0.2) is 5.13 Å². The number of pyridine rings is 1. The van der Waals surface area contributed by atoms with Gasteiger partial charge in [-0.3, -0.25) is 4.79 Å². The number of ether oxygens (including phenoxy) is 2. The van der Waals surface area contributed by atoms with Crippen LogP contribution in [0, 0.1) is 0 Å². The van der Waals surface area contributed by atoms with Crippen LogP contribution in [0.4, 0.5) is 5.13 Å². The van der Waals surface area contributed by atoms with Crippen molar-refractivity contribution in [2.24, 2.45) is 0 Å². The molecule has 0 aliphatic carbocycles. The maximum Gasteiger partial charge on any atom is 0.183 e. The van der Waals surface area contributed by atoms with E-state index in [0.717, 1.165) is 38.9 Å². The number of benzene rings is 1. The molecule has 2 N–H and O–H groups in total. The van der Waals surface area contributed by atoms with E-state index in [0.29, 0.717) is 19.0 Å². The Labute approximate surface area is 179 Å². The van der Waals surface area contributed by atoms with Crippen molar-refractivity contribution in [3.8, 4) is 22.9 Å². The van der Waals surface area contributed by atoms with Crippen molar-refractivity contribution < 1.29 is 14.3 Å². The van der Waals surface area contributed by atoms with E-state index in [-0.39, 0.29) is 17.9 Å². The quantitative estimate of drug-likeness (QED) is 0.593. The molecule has 1 aliphatic heterocycles. The van der Waals surface area contributed by atoms with Crippen molar-refractivity contribution in [3.05, 3.63) is 29.6 Å². The van der Waals surface area contributed by atoms with Crippen LogP contribution in [0.15, 0.2) is 29.6 Å². The highest BCUT2D eigenvalue weighted by atomic mass is 32.1. The van der Waals surface area contributed by atoms with Crippen molar-refractivity contribution in [2.75, 3.05) is 19.0 Å². The van der Waals surface area contributed by atoms with Crippen LogP contribution >= 0.6 is 11.3 Å². The molecule has 0 bridgehead atoms. The lowest BCUT2D eigenvalue weighted by Gasteiger charge is -2.16. The van der Waals surface area contributed by atoms with E-state index in [2.05, 4.69) is 29.5 Å². The summed E-state index contributed by atoms with van der Waals surface area (Å²) in [6, 6.07) is 7.85. The number of nitrogens with zero attached hydrogens (tertiary/aromatic N) is 2. The Hall–Kier alpha value is -2.71. The molecule has 158 valence electrons. The topological polar surface area (TPSA) is 85.4 Å². The van der Waals surface area contributed by atoms with Gasteiger partial charge in [0.05, 0.1) is 24.4 Å². The highest BCUT2D eigenvalue weighted by molar-refractivity contribution is 7.14. The first-order chi connectivity index (χ1) is 14.4. The summed E-state index contributed by atoms with van der Waals surface area (Å²) in [7, 11) is 1.64. The number of methoxy groups -OCH3 is 1. The van der Waals surface area contributed by atoms with Crippen LogP contribution in [0.25, 0.3) is 22.3 Å². The first-order valence-corrected chi connectivity index (χ1v) is 10.9. The SMILES string of the molecule is COc1ccc2c(O[C@H]3CN[C@H](C(C)=O)C3)cc(-c3csc(NC(C)C)n3)nc2c1. The third-order valence-electron chi connectivity index (χ3n) is 5.03. The Morgan fingerprint density at radius 3 is 2.80 bits per heavy atom. The van der Waals surface area contributed by atoms with E-state index < -0.39 is 0 Å². The molecular formula is C22H26N4O3S. The van der Waals surface area contributed by atoms with Crippen LogP contribution in [0.5, 0.6) is 11.5 Å². The van der Waals surface area contributed by atoms with Crippen LogP contribution in [0.2, 0.25) is 0 Å². The van der Waals surface area contributed by atoms with Crippen molar-refractivity contribution >= 4 is 33.2 Å². The molecule has 0 unspecified atom stereocenters. The van der Waals surface area contributed by atoms with Crippen LogP contribution in [-0.2, 0) is 4.79 Å². The number of carbonyl (C=O) groups is 1. The van der Waals surface area contributed by atoms with Gasteiger partial charge < -0.3 is 20.1 Å². The normalized spacial score (nSPS) is 18.7. The third kappa shape index (κ3) is 4.39. The van der Waals surface area contributed by atoms with E-state index in [9.17, 15) is 4.79 Å². The number of aromatic nitrogens is 2. The van der Waals surface area contributed by atoms with E-state index >= 15 is 0 Å². The van der Waals surface area contributed by atoms with Gasteiger partial charge in [-0.15, -0.1) is 11.3 Å². The smallest absolute Gasteiger partial charge is 0.183 e. The monoisotopic (exact) mass is 426 g/mol. The van der Waals surface area contributed by atoms with Crippen molar-refractivity contribution in [1.82, 2.24) is 15.3 Å². The number of Topliss-reactive ketones (excluding diaryl/α,β-unsaturated/α-hetero) is 1. The standard InChI is InChI=1S/C22H26N4O3S/c1-12(2)24-22-26-20(11-30-22)19-9-21(29-15-8-17(13(3)27)23-10-15)16-6-5-14(28-4)7-18(16)25-19/h5-7,9,11-12,15,17,23H,8,10H2,1-4H3,(H,24,26)/t15-,17+/m1/s1.